The number of hydrogen-bond donors (Lipinski definition) is 0. The SMILES string of the molecule is CC(C)(C)c1ccnc(-c2[c-]cccc2)c1.[Ir].[c-]1cc(-c2ccccc2)ccc1-c1nccc2c1ccc1ccccc12. The van der Waals surface area contributed by atoms with Crippen molar-refractivity contribution in [1.82, 2.24) is 9.97 Å². The van der Waals surface area contributed by atoms with E-state index in [1.807, 2.05) is 48.8 Å². The molecule has 0 spiro atoms. The van der Waals surface area contributed by atoms with Crippen LogP contribution in [0.3, 0.4) is 0 Å². The largest absolute Gasteiger partial charge is 0.305 e. The van der Waals surface area contributed by atoms with Crippen molar-refractivity contribution in [3.8, 4) is 33.6 Å². The molecule has 0 unspecified atom stereocenters. The van der Waals surface area contributed by atoms with Crippen LogP contribution in [-0.4, -0.2) is 9.97 Å². The summed E-state index contributed by atoms with van der Waals surface area (Å²) in [5.41, 5.74) is 7.87. The molecule has 0 N–H and O–H groups in total. The average Bonchev–Trinajstić information content (AvgIpc) is 3.05. The predicted molar refractivity (Wildman–Crippen MR) is 176 cm³/mol. The van der Waals surface area contributed by atoms with Gasteiger partial charge in [-0.05, 0) is 56.0 Å². The molecule has 7 rings (SSSR count). The van der Waals surface area contributed by atoms with Crippen molar-refractivity contribution in [2.45, 2.75) is 26.2 Å². The number of hydrogen-bond acceptors (Lipinski definition) is 2. The molecule has 2 aromatic heterocycles. The van der Waals surface area contributed by atoms with Crippen LogP contribution in [0, 0.1) is 12.1 Å². The van der Waals surface area contributed by atoms with Crippen LogP contribution in [0.1, 0.15) is 26.3 Å². The molecule has 5 aromatic carbocycles. The summed E-state index contributed by atoms with van der Waals surface area (Å²) >= 11 is 0. The van der Waals surface area contributed by atoms with Crippen LogP contribution in [-0.2, 0) is 25.5 Å². The molecule has 0 aliphatic heterocycles. The Morgan fingerprint density at radius 3 is 2.07 bits per heavy atom. The van der Waals surface area contributed by atoms with Crippen molar-refractivity contribution in [2.24, 2.45) is 0 Å². The van der Waals surface area contributed by atoms with E-state index < -0.39 is 0 Å². The van der Waals surface area contributed by atoms with Crippen molar-refractivity contribution in [3.63, 3.8) is 0 Å². The summed E-state index contributed by atoms with van der Waals surface area (Å²) in [6, 6.07) is 50.4. The molecule has 0 saturated heterocycles. The number of nitrogens with zero attached hydrogens (tertiary/aromatic N) is 2. The summed E-state index contributed by atoms with van der Waals surface area (Å²) in [6.07, 6.45) is 3.76. The third-order valence-electron chi connectivity index (χ3n) is 7.46. The summed E-state index contributed by atoms with van der Waals surface area (Å²) in [5.74, 6) is 0. The Kier molecular flexibility index (Phi) is 9.26. The number of aromatic nitrogens is 2. The molecular formula is C40H32IrN2-2. The molecule has 3 heteroatoms. The van der Waals surface area contributed by atoms with E-state index in [9.17, 15) is 0 Å². The van der Waals surface area contributed by atoms with E-state index in [1.54, 1.807) is 0 Å². The maximum absolute atomic E-state index is 4.66. The molecule has 0 fully saturated rings. The molecule has 7 aromatic rings. The van der Waals surface area contributed by atoms with Crippen molar-refractivity contribution in [1.29, 1.82) is 0 Å². The Morgan fingerprint density at radius 1 is 0.558 bits per heavy atom. The van der Waals surface area contributed by atoms with Gasteiger partial charge >= 0.3 is 0 Å². The zero-order chi connectivity index (χ0) is 28.9. The Bertz CT molecular complexity index is 1940. The van der Waals surface area contributed by atoms with E-state index in [4.69, 9.17) is 0 Å². The third kappa shape index (κ3) is 6.81. The van der Waals surface area contributed by atoms with Gasteiger partial charge in [-0.2, -0.15) is 0 Å². The van der Waals surface area contributed by atoms with Crippen molar-refractivity contribution in [3.05, 3.63) is 157 Å². The smallest absolute Gasteiger partial charge is 0.0167 e. The first-order chi connectivity index (χ1) is 20.5. The summed E-state index contributed by atoms with van der Waals surface area (Å²) in [7, 11) is 0. The number of pyridine rings is 2. The maximum atomic E-state index is 4.66. The monoisotopic (exact) mass is 733 g/mol. The number of rotatable bonds is 3. The molecule has 2 heterocycles. The predicted octanol–water partition coefficient (Wildman–Crippen LogP) is 10.4. The van der Waals surface area contributed by atoms with Gasteiger partial charge < -0.3 is 9.97 Å². The fourth-order valence-corrected chi connectivity index (χ4v) is 5.13. The van der Waals surface area contributed by atoms with E-state index in [2.05, 4.69) is 134 Å². The summed E-state index contributed by atoms with van der Waals surface area (Å²) in [6.45, 7) is 6.63. The zero-order valence-corrected chi connectivity index (χ0v) is 26.9. The van der Waals surface area contributed by atoms with Gasteiger partial charge in [-0.15, -0.1) is 65.7 Å². The Morgan fingerprint density at radius 2 is 1.33 bits per heavy atom. The van der Waals surface area contributed by atoms with E-state index in [1.165, 1.54) is 32.8 Å². The average molecular weight is 733 g/mol. The van der Waals surface area contributed by atoms with Gasteiger partial charge in [-0.1, -0.05) is 105 Å². The van der Waals surface area contributed by atoms with Gasteiger partial charge in [0, 0.05) is 32.5 Å². The van der Waals surface area contributed by atoms with Gasteiger partial charge in [0.1, 0.15) is 0 Å². The fraction of sp³-hybridized carbons (Fsp3) is 0.100. The fourth-order valence-electron chi connectivity index (χ4n) is 5.13. The van der Waals surface area contributed by atoms with Gasteiger partial charge in [-0.3, -0.25) is 0 Å². The molecular weight excluding hydrogens is 701 g/mol. The first kappa shape index (κ1) is 30.0. The first-order valence-corrected chi connectivity index (χ1v) is 14.2. The molecule has 0 saturated carbocycles. The molecule has 213 valence electrons. The van der Waals surface area contributed by atoms with Gasteiger partial charge in [0.15, 0.2) is 0 Å². The van der Waals surface area contributed by atoms with Gasteiger partial charge in [0.25, 0.3) is 0 Å². The van der Waals surface area contributed by atoms with Gasteiger partial charge in [-0.25, -0.2) is 0 Å². The second kappa shape index (κ2) is 13.3. The normalized spacial score (nSPS) is 11.0. The quantitative estimate of drug-likeness (QED) is 0.134. The van der Waals surface area contributed by atoms with Gasteiger partial charge in [0.2, 0.25) is 0 Å². The summed E-state index contributed by atoms with van der Waals surface area (Å²) in [5, 5.41) is 4.90. The van der Waals surface area contributed by atoms with Crippen molar-refractivity contribution in [2.75, 3.05) is 0 Å². The first-order valence-electron chi connectivity index (χ1n) is 14.2. The second-order valence-electron chi connectivity index (χ2n) is 11.4. The van der Waals surface area contributed by atoms with E-state index in [0.29, 0.717) is 0 Å². The van der Waals surface area contributed by atoms with Crippen LogP contribution in [0.4, 0.5) is 0 Å². The third-order valence-corrected chi connectivity index (χ3v) is 7.46. The number of fused-ring (bicyclic) bond motifs is 3. The summed E-state index contributed by atoms with van der Waals surface area (Å²) in [4.78, 5) is 9.05. The molecule has 0 aliphatic rings. The van der Waals surface area contributed by atoms with Crippen molar-refractivity contribution >= 4 is 21.5 Å². The minimum Gasteiger partial charge on any atom is -0.305 e. The Balaban J connectivity index is 0.000000188. The number of benzene rings is 5. The van der Waals surface area contributed by atoms with Crippen LogP contribution in [0.25, 0.3) is 55.2 Å². The molecule has 0 atom stereocenters. The standard InChI is InChI=1S/C25H16N.C15H16N.Ir/c1-2-6-18(7-3-1)19-10-12-21(13-11-19)25-24-15-14-20-8-4-5-9-22(20)23(24)16-17-26-25;1-15(2,3)13-9-10-16-14(11-13)12-7-5-4-6-8-12;/h1-12,14-17H;4-7,9-11H,1-3H3;/q2*-1;. The van der Waals surface area contributed by atoms with Crippen LogP contribution < -0.4 is 0 Å². The van der Waals surface area contributed by atoms with Crippen LogP contribution >= 0.6 is 0 Å². The molecule has 0 amide bonds. The molecule has 43 heavy (non-hydrogen) atoms. The summed E-state index contributed by atoms with van der Waals surface area (Å²) < 4.78 is 0. The van der Waals surface area contributed by atoms with Crippen LogP contribution in [0.5, 0.6) is 0 Å². The topological polar surface area (TPSA) is 25.8 Å². The van der Waals surface area contributed by atoms with Gasteiger partial charge in [0.05, 0.1) is 0 Å². The molecule has 0 bridgehead atoms. The van der Waals surface area contributed by atoms with E-state index >= 15 is 0 Å². The Hall–Kier alpha value is -4.43. The minimum absolute atomic E-state index is 0. The van der Waals surface area contributed by atoms with Crippen molar-refractivity contribution < 1.29 is 20.1 Å². The van der Waals surface area contributed by atoms with Crippen LogP contribution in [0.15, 0.2) is 140 Å². The Labute approximate surface area is 267 Å². The molecule has 2 nitrogen and oxygen atoms in total. The maximum Gasteiger partial charge on any atom is 0.0167 e. The van der Waals surface area contributed by atoms with Crippen LogP contribution in [0.2, 0.25) is 0 Å². The molecule has 0 aliphatic carbocycles. The second-order valence-corrected chi connectivity index (χ2v) is 11.4. The van der Waals surface area contributed by atoms with E-state index in [-0.39, 0.29) is 25.5 Å². The molecule has 1 radical (unpaired) electrons. The zero-order valence-electron chi connectivity index (χ0n) is 24.5. The van der Waals surface area contributed by atoms with E-state index in [0.717, 1.165) is 27.9 Å². The minimum atomic E-state index is 0.